The summed E-state index contributed by atoms with van der Waals surface area (Å²) >= 11 is 5.77. The molecule has 0 N–H and O–H groups in total. The number of likely N-dealkylation sites (tertiary alicyclic amines) is 1. The Labute approximate surface area is 118 Å². The van der Waals surface area contributed by atoms with Crippen LogP contribution in [-0.2, 0) is 16.1 Å². The Kier molecular flexibility index (Phi) is 5.16. The lowest BCUT2D eigenvalue weighted by atomic mass is 9.98. The number of carbonyl (C=O) groups excluding carboxylic acids is 1. The molecule has 0 spiro atoms. The minimum Gasteiger partial charge on any atom is -0.466 e. The van der Waals surface area contributed by atoms with Crippen LogP contribution < -0.4 is 0 Å². The zero-order valence-electron chi connectivity index (χ0n) is 11.1. The number of hydrogen-bond acceptors (Lipinski definition) is 4. The summed E-state index contributed by atoms with van der Waals surface area (Å²) in [4.78, 5) is 18.1. The Morgan fingerprint density at radius 1 is 1.58 bits per heavy atom. The van der Waals surface area contributed by atoms with Crippen molar-refractivity contribution in [2.45, 2.75) is 26.3 Å². The Hall–Kier alpha value is -1.13. The topological polar surface area (TPSA) is 42.4 Å². The lowest BCUT2D eigenvalue weighted by Crippen LogP contribution is -2.38. The van der Waals surface area contributed by atoms with Crippen molar-refractivity contribution in [1.29, 1.82) is 0 Å². The smallest absolute Gasteiger partial charge is 0.310 e. The van der Waals surface area contributed by atoms with Gasteiger partial charge in [-0.1, -0.05) is 17.7 Å². The van der Waals surface area contributed by atoms with Crippen molar-refractivity contribution in [3.05, 3.63) is 29.0 Å². The second-order valence-electron chi connectivity index (χ2n) is 4.82. The van der Waals surface area contributed by atoms with Crippen molar-refractivity contribution in [2.24, 2.45) is 5.92 Å². The summed E-state index contributed by atoms with van der Waals surface area (Å²) < 4.78 is 5.10. The summed E-state index contributed by atoms with van der Waals surface area (Å²) in [6, 6.07) is 3.77. The summed E-state index contributed by atoms with van der Waals surface area (Å²) in [7, 11) is 0. The number of pyridine rings is 1. The van der Waals surface area contributed by atoms with Gasteiger partial charge in [-0.2, -0.15) is 0 Å². The van der Waals surface area contributed by atoms with Gasteiger partial charge >= 0.3 is 5.97 Å². The van der Waals surface area contributed by atoms with E-state index >= 15 is 0 Å². The molecule has 5 heteroatoms. The highest BCUT2D eigenvalue weighted by molar-refractivity contribution is 6.29. The van der Waals surface area contributed by atoms with E-state index in [1.807, 2.05) is 13.0 Å². The predicted molar refractivity (Wildman–Crippen MR) is 73.9 cm³/mol. The molecule has 19 heavy (non-hydrogen) atoms. The van der Waals surface area contributed by atoms with Crippen LogP contribution in [0.5, 0.6) is 0 Å². The molecule has 0 unspecified atom stereocenters. The number of piperidine rings is 1. The van der Waals surface area contributed by atoms with Crippen molar-refractivity contribution in [2.75, 3.05) is 19.7 Å². The van der Waals surface area contributed by atoms with E-state index in [1.54, 1.807) is 12.3 Å². The summed E-state index contributed by atoms with van der Waals surface area (Å²) in [6.45, 7) is 4.88. The van der Waals surface area contributed by atoms with Crippen LogP contribution in [0, 0.1) is 5.92 Å². The van der Waals surface area contributed by atoms with Crippen LogP contribution >= 0.6 is 11.6 Å². The van der Waals surface area contributed by atoms with Crippen molar-refractivity contribution < 1.29 is 9.53 Å². The van der Waals surface area contributed by atoms with Crippen LogP contribution in [-0.4, -0.2) is 35.5 Å². The fourth-order valence-corrected chi connectivity index (χ4v) is 2.52. The zero-order chi connectivity index (χ0) is 13.7. The monoisotopic (exact) mass is 282 g/mol. The van der Waals surface area contributed by atoms with Crippen molar-refractivity contribution in [3.63, 3.8) is 0 Å². The molecule has 0 radical (unpaired) electrons. The summed E-state index contributed by atoms with van der Waals surface area (Å²) in [6.07, 6.45) is 3.75. The molecule has 0 amide bonds. The zero-order valence-corrected chi connectivity index (χ0v) is 11.9. The van der Waals surface area contributed by atoms with Gasteiger partial charge < -0.3 is 4.74 Å². The molecule has 1 atom stereocenters. The van der Waals surface area contributed by atoms with Crippen LogP contribution in [0.1, 0.15) is 25.3 Å². The molecule has 4 nitrogen and oxygen atoms in total. The third kappa shape index (κ3) is 4.18. The van der Waals surface area contributed by atoms with E-state index in [0.717, 1.165) is 38.0 Å². The predicted octanol–water partition coefficient (Wildman–Crippen LogP) is 2.51. The molecule has 0 aliphatic carbocycles. The molecule has 0 aromatic carbocycles. The Morgan fingerprint density at radius 2 is 2.42 bits per heavy atom. The van der Waals surface area contributed by atoms with Gasteiger partial charge in [-0.3, -0.25) is 9.69 Å². The molecule has 2 rings (SSSR count). The van der Waals surface area contributed by atoms with E-state index in [0.29, 0.717) is 11.8 Å². The van der Waals surface area contributed by atoms with Gasteiger partial charge in [0.15, 0.2) is 0 Å². The minimum absolute atomic E-state index is 0.00830. The van der Waals surface area contributed by atoms with Gasteiger partial charge in [0.05, 0.1) is 12.5 Å². The number of halogens is 1. The maximum atomic E-state index is 11.8. The van der Waals surface area contributed by atoms with Crippen LogP contribution in [0.2, 0.25) is 5.15 Å². The van der Waals surface area contributed by atoms with Gasteiger partial charge in [-0.05, 0) is 37.9 Å². The molecule has 1 saturated heterocycles. The molecule has 104 valence electrons. The molecule has 2 heterocycles. The first kappa shape index (κ1) is 14.3. The fourth-order valence-electron chi connectivity index (χ4n) is 2.41. The van der Waals surface area contributed by atoms with Gasteiger partial charge in [-0.15, -0.1) is 0 Å². The van der Waals surface area contributed by atoms with Gasteiger partial charge in [0.25, 0.3) is 0 Å². The SMILES string of the molecule is CCOC(=O)[C@H]1CCCN(Cc2ccc(Cl)nc2)C1. The molecule has 1 aromatic heterocycles. The van der Waals surface area contributed by atoms with Gasteiger partial charge in [-0.25, -0.2) is 4.98 Å². The number of carbonyl (C=O) groups is 1. The maximum Gasteiger partial charge on any atom is 0.310 e. The van der Waals surface area contributed by atoms with E-state index in [1.165, 1.54) is 0 Å². The number of ether oxygens (including phenoxy) is 1. The Bertz CT molecular complexity index is 422. The number of nitrogens with zero attached hydrogens (tertiary/aromatic N) is 2. The average Bonchev–Trinajstić information content (AvgIpc) is 2.42. The highest BCUT2D eigenvalue weighted by atomic mass is 35.5. The van der Waals surface area contributed by atoms with Crippen LogP contribution in [0.4, 0.5) is 0 Å². The second-order valence-corrected chi connectivity index (χ2v) is 5.20. The van der Waals surface area contributed by atoms with Crippen molar-refractivity contribution in [1.82, 2.24) is 9.88 Å². The van der Waals surface area contributed by atoms with Crippen molar-refractivity contribution >= 4 is 17.6 Å². The molecule has 0 saturated carbocycles. The van der Waals surface area contributed by atoms with E-state index in [9.17, 15) is 4.79 Å². The largest absolute Gasteiger partial charge is 0.466 e. The third-order valence-corrected chi connectivity index (χ3v) is 3.54. The number of rotatable bonds is 4. The number of hydrogen-bond donors (Lipinski definition) is 0. The number of esters is 1. The van der Waals surface area contributed by atoms with E-state index in [2.05, 4.69) is 9.88 Å². The molecule has 1 aliphatic rings. The molecular formula is C14H19ClN2O2. The highest BCUT2D eigenvalue weighted by Crippen LogP contribution is 2.20. The van der Waals surface area contributed by atoms with Crippen molar-refractivity contribution in [3.8, 4) is 0 Å². The lowest BCUT2D eigenvalue weighted by molar-refractivity contribution is -0.150. The molecule has 1 fully saturated rings. The summed E-state index contributed by atoms with van der Waals surface area (Å²) in [5, 5.41) is 0.506. The summed E-state index contributed by atoms with van der Waals surface area (Å²) in [5.74, 6) is -0.0598. The lowest BCUT2D eigenvalue weighted by Gasteiger charge is -2.31. The normalized spacial score (nSPS) is 20.2. The van der Waals surface area contributed by atoms with Crippen LogP contribution in [0.25, 0.3) is 0 Å². The Balaban J connectivity index is 1.90. The molecule has 1 aromatic rings. The van der Waals surface area contributed by atoms with E-state index in [-0.39, 0.29) is 11.9 Å². The minimum atomic E-state index is -0.0681. The number of aromatic nitrogens is 1. The maximum absolute atomic E-state index is 11.8. The van der Waals surface area contributed by atoms with Crippen LogP contribution in [0.3, 0.4) is 0 Å². The van der Waals surface area contributed by atoms with E-state index in [4.69, 9.17) is 16.3 Å². The van der Waals surface area contributed by atoms with E-state index < -0.39 is 0 Å². The van der Waals surface area contributed by atoms with Crippen LogP contribution in [0.15, 0.2) is 18.3 Å². The molecule has 1 aliphatic heterocycles. The summed E-state index contributed by atoms with van der Waals surface area (Å²) in [5.41, 5.74) is 1.12. The highest BCUT2D eigenvalue weighted by Gasteiger charge is 2.26. The molecular weight excluding hydrogens is 264 g/mol. The Morgan fingerprint density at radius 3 is 3.11 bits per heavy atom. The van der Waals surface area contributed by atoms with Gasteiger partial charge in [0.1, 0.15) is 5.15 Å². The first-order valence-electron chi connectivity index (χ1n) is 6.68. The second kappa shape index (κ2) is 6.87. The molecule has 0 bridgehead atoms. The average molecular weight is 283 g/mol. The first-order valence-corrected chi connectivity index (χ1v) is 7.06. The fraction of sp³-hybridized carbons (Fsp3) is 0.571. The first-order chi connectivity index (χ1) is 9.19. The van der Waals surface area contributed by atoms with Gasteiger partial charge in [0.2, 0.25) is 0 Å². The van der Waals surface area contributed by atoms with Gasteiger partial charge in [0, 0.05) is 19.3 Å². The standard InChI is InChI=1S/C14H19ClN2O2/c1-2-19-14(18)12-4-3-7-17(10-12)9-11-5-6-13(15)16-8-11/h5-6,8,12H,2-4,7,9-10H2,1H3/t12-/m0/s1. The third-order valence-electron chi connectivity index (χ3n) is 3.32. The quantitative estimate of drug-likeness (QED) is 0.629.